The molecule has 2 aliphatic rings. The number of likely N-dealkylation sites (N-methyl/N-ethyl adjacent to an activating group) is 1. The van der Waals surface area contributed by atoms with E-state index in [4.69, 9.17) is 14.2 Å². The molecule has 128 valence electrons. The summed E-state index contributed by atoms with van der Waals surface area (Å²) in [6.45, 7) is 4.49. The van der Waals surface area contributed by atoms with Crippen molar-refractivity contribution in [1.29, 1.82) is 0 Å². The van der Waals surface area contributed by atoms with Gasteiger partial charge in [0.1, 0.15) is 12.7 Å². The Labute approximate surface area is 136 Å². The fourth-order valence-corrected chi connectivity index (χ4v) is 4.33. The first kappa shape index (κ1) is 16.5. The van der Waals surface area contributed by atoms with Gasteiger partial charge in [0, 0.05) is 19.6 Å². The van der Waals surface area contributed by atoms with Gasteiger partial charge in [-0.2, -0.15) is 17.0 Å². The lowest BCUT2D eigenvalue weighted by molar-refractivity contribution is 0.0623. The lowest BCUT2D eigenvalue weighted by Crippen LogP contribution is -2.51. The number of para-hydroxylation sites is 2. The second kappa shape index (κ2) is 7.04. The van der Waals surface area contributed by atoms with Crippen molar-refractivity contribution in [3.05, 3.63) is 24.3 Å². The SMILES string of the molecule is CCN(C[C@H]1COc2ccccc2O1)S(=O)(=O)N1CCOCC1. The van der Waals surface area contributed by atoms with Crippen LogP contribution in [-0.2, 0) is 14.9 Å². The summed E-state index contributed by atoms with van der Waals surface area (Å²) in [7, 11) is -3.50. The lowest BCUT2D eigenvalue weighted by atomic mass is 10.2. The summed E-state index contributed by atoms with van der Waals surface area (Å²) in [6.07, 6.45) is -0.319. The topological polar surface area (TPSA) is 68.3 Å². The number of ether oxygens (including phenoxy) is 3. The summed E-state index contributed by atoms with van der Waals surface area (Å²) in [5, 5.41) is 0. The number of nitrogens with zero attached hydrogens (tertiary/aromatic N) is 2. The number of hydrogen-bond acceptors (Lipinski definition) is 5. The van der Waals surface area contributed by atoms with Crippen LogP contribution in [0.25, 0.3) is 0 Å². The van der Waals surface area contributed by atoms with Crippen molar-refractivity contribution >= 4 is 10.2 Å². The van der Waals surface area contributed by atoms with E-state index in [0.29, 0.717) is 51.0 Å². The van der Waals surface area contributed by atoms with Gasteiger partial charge >= 0.3 is 0 Å². The van der Waals surface area contributed by atoms with Crippen LogP contribution in [0.3, 0.4) is 0 Å². The number of fused-ring (bicyclic) bond motifs is 1. The van der Waals surface area contributed by atoms with E-state index in [1.54, 1.807) is 0 Å². The van der Waals surface area contributed by atoms with Crippen LogP contribution in [-0.4, -0.2) is 69.1 Å². The number of rotatable bonds is 5. The molecule has 1 aromatic carbocycles. The minimum atomic E-state index is -3.50. The Morgan fingerprint density at radius 1 is 1.22 bits per heavy atom. The molecule has 0 aromatic heterocycles. The Kier molecular flexibility index (Phi) is 5.05. The Morgan fingerprint density at radius 3 is 2.61 bits per heavy atom. The Balaban J connectivity index is 1.68. The summed E-state index contributed by atoms with van der Waals surface area (Å²) in [4.78, 5) is 0. The van der Waals surface area contributed by atoms with Gasteiger partial charge in [-0.3, -0.25) is 0 Å². The van der Waals surface area contributed by atoms with E-state index in [9.17, 15) is 8.42 Å². The van der Waals surface area contributed by atoms with E-state index < -0.39 is 10.2 Å². The maximum atomic E-state index is 12.7. The molecular weight excluding hydrogens is 320 g/mol. The van der Waals surface area contributed by atoms with Crippen LogP contribution in [0.4, 0.5) is 0 Å². The van der Waals surface area contributed by atoms with Crippen molar-refractivity contribution in [3.63, 3.8) is 0 Å². The van der Waals surface area contributed by atoms with Gasteiger partial charge in [0.2, 0.25) is 0 Å². The molecule has 2 aliphatic heterocycles. The zero-order valence-electron chi connectivity index (χ0n) is 13.2. The molecule has 0 saturated carbocycles. The summed E-state index contributed by atoms with van der Waals surface area (Å²) in [5.74, 6) is 1.35. The first-order valence-corrected chi connectivity index (χ1v) is 9.22. The fraction of sp³-hybridized carbons (Fsp3) is 0.600. The quantitative estimate of drug-likeness (QED) is 0.789. The monoisotopic (exact) mass is 342 g/mol. The van der Waals surface area contributed by atoms with Crippen molar-refractivity contribution in [1.82, 2.24) is 8.61 Å². The van der Waals surface area contributed by atoms with Gasteiger partial charge < -0.3 is 14.2 Å². The van der Waals surface area contributed by atoms with Crippen LogP contribution in [0.2, 0.25) is 0 Å². The maximum absolute atomic E-state index is 12.7. The molecular formula is C15H22N2O5S. The largest absolute Gasteiger partial charge is 0.486 e. The third kappa shape index (κ3) is 3.60. The number of morpholine rings is 1. The Hall–Kier alpha value is -1.35. The summed E-state index contributed by atoms with van der Waals surface area (Å²) < 4.78 is 45.1. The van der Waals surface area contributed by atoms with E-state index in [-0.39, 0.29) is 12.6 Å². The minimum Gasteiger partial charge on any atom is -0.486 e. The first-order chi connectivity index (χ1) is 11.1. The second-order valence-corrected chi connectivity index (χ2v) is 7.40. The van der Waals surface area contributed by atoms with Gasteiger partial charge in [-0.1, -0.05) is 19.1 Å². The van der Waals surface area contributed by atoms with E-state index in [0.717, 1.165) is 0 Å². The third-order valence-corrected chi connectivity index (χ3v) is 6.03. The van der Waals surface area contributed by atoms with Crippen LogP contribution < -0.4 is 9.47 Å². The molecule has 0 aliphatic carbocycles. The van der Waals surface area contributed by atoms with Crippen LogP contribution in [0.5, 0.6) is 11.5 Å². The van der Waals surface area contributed by atoms with E-state index in [2.05, 4.69) is 0 Å². The summed E-state index contributed by atoms with van der Waals surface area (Å²) in [5.41, 5.74) is 0. The highest BCUT2D eigenvalue weighted by molar-refractivity contribution is 7.86. The van der Waals surface area contributed by atoms with Crippen LogP contribution in [0.15, 0.2) is 24.3 Å². The van der Waals surface area contributed by atoms with Gasteiger partial charge in [-0.25, -0.2) is 0 Å². The molecule has 0 radical (unpaired) electrons. The van der Waals surface area contributed by atoms with Crippen molar-refractivity contribution < 1.29 is 22.6 Å². The first-order valence-electron chi connectivity index (χ1n) is 7.82. The van der Waals surface area contributed by atoms with Gasteiger partial charge in [0.05, 0.1) is 19.8 Å². The molecule has 1 atom stereocenters. The Morgan fingerprint density at radius 2 is 1.91 bits per heavy atom. The number of hydrogen-bond donors (Lipinski definition) is 0. The molecule has 1 saturated heterocycles. The highest BCUT2D eigenvalue weighted by Crippen LogP contribution is 2.31. The lowest BCUT2D eigenvalue weighted by Gasteiger charge is -2.34. The van der Waals surface area contributed by atoms with Crippen molar-refractivity contribution in [2.45, 2.75) is 13.0 Å². The predicted octanol–water partition coefficient (Wildman–Crippen LogP) is 0.725. The van der Waals surface area contributed by atoms with Gasteiger partial charge in [0.25, 0.3) is 10.2 Å². The standard InChI is InChI=1S/C15H22N2O5S/c1-2-16(23(18,19)17-7-9-20-10-8-17)11-13-12-21-14-5-3-4-6-15(14)22-13/h3-6,13H,2,7-12H2,1H3/t13-/m0/s1. The zero-order valence-corrected chi connectivity index (χ0v) is 14.0. The Bertz CT molecular complexity index is 631. The molecule has 7 nitrogen and oxygen atoms in total. The molecule has 3 rings (SSSR count). The van der Waals surface area contributed by atoms with Crippen LogP contribution >= 0.6 is 0 Å². The molecule has 1 aromatic rings. The average Bonchev–Trinajstić information content (AvgIpc) is 2.60. The van der Waals surface area contributed by atoms with Gasteiger partial charge in [-0.15, -0.1) is 0 Å². The molecule has 0 bridgehead atoms. The second-order valence-electron chi connectivity index (χ2n) is 5.47. The van der Waals surface area contributed by atoms with Crippen LogP contribution in [0.1, 0.15) is 6.92 Å². The highest BCUT2D eigenvalue weighted by atomic mass is 32.2. The van der Waals surface area contributed by atoms with Gasteiger partial charge in [-0.05, 0) is 12.1 Å². The van der Waals surface area contributed by atoms with Crippen molar-refractivity contribution in [3.8, 4) is 11.5 Å². The summed E-state index contributed by atoms with van der Waals surface area (Å²) >= 11 is 0. The van der Waals surface area contributed by atoms with Gasteiger partial charge in [0.15, 0.2) is 11.5 Å². The smallest absolute Gasteiger partial charge is 0.282 e. The third-order valence-electron chi connectivity index (χ3n) is 3.95. The van der Waals surface area contributed by atoms with Crippen molar-refractivity contribution in [2.24, 2.45) is 0 Å². The summed E-state index contributed by atoms with van der Waals surface area (Å²) in [6, 6.07) is 7.41. The predicted molar refractivity (Wildman–Crippen MR) is 84.9 cm³/mol. The van der Waals surface area contributed by atoms with E-state index >= 15 is 0 Å². The van der Waals surface area contributed by atoms with Crippen LogP contribution in [0, 0.1) is 0 Å². The number of benzene rings is 1. The minimum absolute atomic E-state index is 0.268. The zero-order chi connectivity index (χ0) is 16.3. The molecule has 1 fully saturated rings. The van der Waals surface area contributed by atoms with Crippen molar-refractivity contribution in [2.75, 3.05) is 46.0 Å². The molecule has 0 N–H and O–H groups in total. The molecule has 0 amide bonds. The van der Waals surface area contributed by atoms with E-state index in [1.165, 1.54) is 8.61 Å². The molecule has 0 spiro atoms. The molecule has 23 heavy (non-hydrogen) atoms. The molecule has 0 unspecified atom stereocenters. The highest BCUT2D eigenvalue weighted by Gasteiger charge is 2.33. The average molecular weight is 342 g/mol. The fourth-order valence-electron chi connectivity index (χ4n) is 2.71. The molecule has 8 heteroatoms. The maximum Gasteiger partial charge on any atom is 0.282 e. The molecule has 2 heterocycles. The van der Waals surface area contributed by atoms with E-state index in [1.807, 2.05) is 31.2 Å². The normalized spacial score (nSPS) is 22.3.